The number of fused-ring (bicyclic) bond motifs is 1. The lowest BCUT2D eigenvalue weighted by molar-refractivity contribution is 0.507. The maximum atomic E-state index is 11.8. The second-order valence-electron chi connectivity index (χ2n) is 4.58. The molecule has 1 aromatic carbocycles. The standard InChI is InChI=1S/C13H19NO2S/c1-2-10-17(15,16)14-13-9-5-7-11-6-3-4-8-12(11)13/h3-4,6,8,13-14H,2,5,7,9-10H2,1H3. The fraction of sp³-hybridized carbons (Fsp3) is 0.538. The molecule has 0 saturated heterocycles. The van der Waals surface area contributed by atoms with E-state index in [4.69, 9.17) is 0 Å². The zero-order valence-electron chi connectivity index (χ0n) is 10.1. The Balaban J connectivity index is 2.19. The molecule has 0 aromatic heterocycles. The van der Waals surface area contributed by atoms with Crippen molar-refractivity contribution < 1.29 is 8.42 Å². The monoisotopic (exact) mass is 253 g/mol. The number of rotatable bonds is 4. The second-order valence-corrected chi connectivity index (χ2v) is 6.45. The number of benzene rings is 1. The van der Waals surface area contributed by atoms with Crippen LogP contribution in [0.4, 0.5) is 0 Å². The average Bonchev–Trinajstić information content (AvgIpc) is 2.29. The highest BCUT2D eigenvalue weighted by molar-refractivity contribution is 7.89. The Morgan fingerprint density at radius 2 is 2.12 bits per heavy atom. The first kappa shape index (κ1) is 12.6. The lowest BCUT2D eigenvalue weighted by Gasteiger charge is -2.26. The molecular formula is C13H19NO2S. The number of hydrogen-bond donors (Lipinski definition) is 1. The van der Waals surface area contributed by atoms with Crippen LogP contribution in [0.15, 0.2) is 24.3 Å². The summed E-state index contributed by atoms with van der Waals surface area (Å²) in [6, 6.07) is 8.09. The van der Waals surface area contributed by atoms with Crippen LogP contribution in [0.2, 0.25) is 0 Å². The van der Waals surface area contributed by atoms with Crippen molar-refractivity contribution >= 4 is 10.0 Å². The molecule has 0 heterocycles. The van der Waals surface area contributed by atoms with Crippen LogP contribution >= 0.6 is 0 Å². The molecule has 0 aliphatic heterocycles. The van der Waals surface area contributed by atoms with Crippen molar-refractivity contribution in [3.05, 3.63) is 35.4 Å². The highest BCUT2D eigenvalue weighted by atomic mass is 32.2. The van der Waals surface area contributed by atoms with Crippen molar-refractivity contribution in [1.82, 2.24) is 4.72 Å². The zero-order valence-corrected chi connectivity index (χ0v) is 11.0. The molecule has 0 amide bonds. The van der Waals surface area contributed by atoms with Gasteiger partial charge in [0.25, 0.3) is 0 Å². The Morgan fingerprint density at radius 3 is 2.88 bits per heavy atom. The molecule has 0 radical (unpaired) electrons. The minimum absolute atomic E-state index is 0.0310. The van der Waals surface area contributed by atoms with Crippen LogP contribution in [0.3, 0.4) is 0 Å². The molecule has 17 heavy (non-hydrogen) atoms. The summed E-state index contributed by atoms with van der Waals surface area (Å²) in [5.74, 6) is 0.214. The van der Waals surface area contributed by atoms with E-state index in [2.05, 4.69) is 10.8 Å². The van der Waals surface area contributed by atoms with Gasteiger partial charge in [0.15, 0.2) is 0 Å². The van der Waals surface area contributed by atoms with Gasteiger partial charge in [0, 0.05) is 6.04 Å². The molecular weight excluding hydrogens is 234 g/mol. The summed E-state index contributed by atoms with van der Waals surface area (Å²) in [6.45, 7) is 1.88. The van der Waals surface area contributed by atoms with E-state index in [0.717, 1.165) is 24.8 Å². The topological polar surface area (TPSA) is 46.2 Å². The summed E-state index contributed by atoms with van der Waals surface area (Å²) in [5.41, 5.74) is 2.43. The van der Waals surface area contributed by atoms with Crippen LogP contribution < -0.4 is 4.72 Å². The molecule has 1 aliphatic carbocycles. The predicted octanol–water partition coefficient (Wildman–Crippen LogP) is 2.39. The van der Waals surface area contributed by atoms with Crippen LogP contribution in [0.1, 0.15) is 43.4 Å². The molecule has 1 unspecified atom stereocenters. The number of hydrogen-bond acceptors (Lipinski definition) is 2. The first-order valence-corrected chi connectivity index (χ1v) is 7.85. The van der Waals surface area contributed by atoms with Gasteiger partial charge in [0.05, 0.1) is 5.75 Å². The van der Waals surface area contributed by atoms with Crippen LogP contribution in [-0.2, 0) is 16.4 Å². The van der Waals surface area contributed by atoms with Gasteiger partial charge in [0.2, 0.25) is 10.0 Å². The van der Waals surface area contributed by atoms with E-state index >= 15 is 0 Å². The van der Waals surface area contributed by atoms with E-state index in [0.29, 0.717) is 6.42 Å². The lowest BCUT2D eigenvalue weighted by atomic mass is 9.88. The van der Waals surface area contributed by atoms with Crippen LogP contribution in [0, 0.1) is 0 Å². The molecule has 2 rings (SSSR count). The maximum absolute atomic E-state index is 11.8. The molecule has 0 saturated carbocycles. The lowest BCUT2D eigenvalue weighted by Crippen LogP contribution is -2.32. The minimum Gasteiger partial charge on any atom is -0.212 e. The van der Waals surface area contributed by atoms with Crippen LogP contribution in [0.25, 0.3) is 0 Å². The van der Waals surface area contributed by atoms with E-state index in [9.17, 15) is 8.42 Å². The Hall–Kier alpha value is -0.870. The third-order valence-corrected chi connectivity index (χ3v) is 4.75. The molecule has 1 aromatic rings. The quantitative estimate of drug-likeness (QED) is 0.895. The Labute approximate surface area is 103 Å². The van der Waals surface area contributed by atoms with Gasteiger partial charge in [-0.3, -0.25) is 0 Å². The van der Waals surface area contributed by atoms with E-state index in [-0.39, 0.29) is 11.8 Å². The first-order chi connectivity index (χ1) is 8.12. The summed E-state index contributed by atoms with van der Waals surface area (Å²) in [6.07, 6.45) is 3.67. The van der Waals surface area contributed by atoms with Gasteiger partial charge < -0.3 is 0 Å². The van der Waals surface area contributed by atoms with Gasteiger partial charge in [-0.05, 0) is 36.8 Å². The minimum atomic E-state index is -3.12. The van der Waals surface area contributed by atoms with E-state index in [1.807, 2.05) is 25.1 Å². The fourth-order valence-electron chi connectivity index (χ4n) is 2.42. The van der Waals surface area contributed by atoms with Gasteiger partial charge in [0.1, 0.15) is 0 Å². The Bertz CT molecular complexity index is 482. The Morgan fingerprint density at radius 1 is 1.35 bits per heavy atom. The van der Waals surface area contributed by atoms with Gasteiger partial charge in [-0.25, -0.2) is 13.1 Å². The second kappa shape index (κ2) is 5.19. The van der Waals surface area contributed by atoms with Gasteiger partial charge in [-0.15, -0.1) is 0 Å². The molecule has 0 spiro atoms. The number of aryl methyl sites for hydroxylation is 1. The summed E-state index contributed by atoms with van der Waals surface area (Å²) in [4.78, 5) is 0. The number of sulfonamides is 1. The fourth-order valence-corrected chi connectivity index (χ4v) is 3.75. The van der Waals surface area contributed by atoms with Gasteiger partial charge in [-0.2, -0.15) is 0 Å². The molecule has 3 nitrogen and oxygen atoms in total. The van der Waals surface area contributed by atoms with E-state index < -0.39 is 10.0 Å². The van der Waals surface area contributed by atoms with Crippen molar-refractivity contribution in [3.63, 3.8) is 0 Å². The molecule has 4 heteroatoms. The first-order valence-electron chi connectivity index (χ1n) is 6.20. The van der Waals surface area contributed by atoms with Crippen molar-refractivity contribution in [3.8, 4) is 0 Å². The molecule has 1 atom stereocenters. The van der Waals surface area contributed by atoms with Gasteiger partial charge in [-0.1, -0.05) is 31.2 Å². The third-order valence-electron chi connectivity index (χ3n) is 3.16. The Kier molecular flexibility index (Phi) is 3.84. The van der Waals surface area contributed by atoms with Crippen LogP contribution in [-0.4, -0.2) is 14.2 Å². The smallest absolute Gasteiger partial charge is 0.212 e. The predicted molar refractivity (Wildman–Crippen MR) is 69.3 cm³/mol. The average molecular weight is 253 g/mol. The van der Waals surface area contributed by atoms with Crippen molar-refractivity contribution in [2.45, 2.75) is 38.6 Å². The molecule has 94 valence electrons. The highest BCUT2D eigenvalue weighted by Gasteiger charge is 2.23. The van der Waals surface area contributed by atoms with Crippen molar-refractivity contribution in [2.24, 2.45) is 0 Å². The summed E-state index contributed by atoms with van der Waals surface area (Å²) in [5, 5.41) is 0. The largest absolute Gasteiger partial charge is 0.212 e. The summed E-state index contributed by atoms with van der Waals surface area (Å²) in [7, 11) is -3.12. The van der Waals surface area contributed by atoms with Crippen molar-refractivity contribution in [2.75, 3.05) is 5.75 Å². The van der Waals surface area contributed by atoms with Gasteiger partial charge >= 0.3 is 0 Å². The highest BCUT2D eigenvalue weighted by Crippen LogP contribution is 2.29. The third kappa shape index (κ3) is 3.07. The molecule has 1 aliphatic rings. The molecule has 0 fully saturated rings. The zero-order chi connectivity index (χ0) is 12.3. The van der Waals surface area contributed by atoms with E-state index in [1.165, 1.54) is 5.56 Å². The molecule has 1 N–H and O–H groups in total. The van der Waals surface area contributed by atoms with Crippen molar-refractivity contribution in [1.29, 1.82) is 0 Å². The van der Waals surface area contributed by atoms with Crippen LogP contribution in [0.5, 0.6) is 0 Å². The maximum Gasteiger partial charge on any atom is 0.212 e. The SMILES string of the molecule is CCCS(=O)(=O)NC1CCCc2ccccc21. The molecule has 0 bridgehead atoms. The normalized spacial score (nSPS) is 19.9. The summed E-state index contributed by atoms with van der Waals surface area (Å²) < 4.78 is 26.4. The number of nitrogens with one attached hydrogen (secondary N) is 1. The van der Waals surface area contributed by atoms with E-state index in [1.54, 1.807) is 0 Å². The summed E-state index contributed by atoms with van der Waals surface area (Å²) >= 11 is 0.